The maximum absolute atomic E-state index is 6.10. The molecule has 184 valence electrons. The van der Waals surface area contributed by atoms with Gasteiger partial charge in [0.15, 0.2) is 0 Å². The molecule has 0 bridgehead atoms. The molecule has 0 radical (unpaired) electrons. The summed E-state index contributed by atoms with van der Waals surface area (Å²) in [6.07, 6.45) is -0.200. The molecule has 6 nitrogen and oxygen atoms in total. The van der Waals surface area contributed by atoms with Gasteiger partial charge in [-0.25, -0.2) is 0 Å². The first kappa shape index (κ1) is 25.1. The van der Waals surface area contributed by atoms with Gasteiger partial charge in [0.05, 0.1) is 31.5 Å². The van der Waals surface area contributed by atoms with Crippen molar-refractivity contribution in [1.82, 2.24) is 0 Å². The molecule has 1 unspecified atom stereocenters. The lowest BCUT2D eigenvalue weighted by molar-refractivity contribution is 0.00578. The van der Waals surface area contributed by atoms with E-state index in [9.17, 15) is 0 Å². The van der Waals surface area contributed by atoms with Crippen LogP contribution in [0.1, 0.15) is 46.3 Å². The molecule has 35 heavy (non-hydrogen) atoms. The zero-order valence-electron chi connectivity index (χ0n) is 21.6. The first-order chi connectivity index (χ1) is 16.6. The molecule has 4 rings (SSSR count). The van der Waals surface area contributed by atoms with E-state index < -0.39 is 18.5 Å². The molecule has 3 aromatic rings. The van der Waals surface area contributed by atoms with E-state index in [1.54, 1.807) is 14.2 Å². The van der Waals surface area contributed by atoms with Gasteiger partial charge in [-0.2, -0.15) is 0 Å². The van der Waals surface area contributed by atoms with Gasteiger partial charge in [-0.15, -0.1) is 0 Å². The lowest BCUT2D eigenvalue weighted by atomic mass is 9.90. The summed E-state index contributed by atoms with van der Waals surface area (Å²) in [5.74, 6) is 1.62. The van der Waals surface area contributed by atoms with Crippen molar-refractivity contribution in [3.63, 3.8) is 0 Å². The van der Waals surface area contributed by atoms with Crippen LogP contribution in [0.2, 0.25) is 0 Å². The van der Waals surface area contributed by atoms with Crippen molar-refractivity contribution < 1.29 is 23.4 Å². The smallest absolute Gasteiger partial charge is 0.497 e. The predicted molar refractivity (Wildman–Crippen MR) is 140 cm³/mol. The molecule has 7 heteroatoms. The summed E-state index contributed by atoms with van der Waals surface area (Å²) in [7, 11) is 2.63. The molecule has 0 aliphatic carbocycles. The molecule has 0 N–H and O–H groups in total. The standard InChI is InChI=1S/C28H34BNO5/c1-20(33-29-34-27(2,3)28(4,5)35-29)21-8-10-22(11-9-21)30(23-12-16-25(31-6)17-13-23)24-14-18-26(32-7)19-15-24/h8-20H,1-7H3. The number of methoxy groups -OCH3 is 2. The normalized spacial score (nSPS) is 17.2. The zero-order valence-corrected chi connectivity index (χ0v) is 21.6. The van der Waals surface area contributed by atoms with Gasteiger partial charge in [-0.3, -0.25) is 0 Å². The molecule has 1 heterocycles. The van der Waals surface area contributed by atoms with Gasteiger partial charge in [0.1, 0.15) is 11.5 Å². The van der Waals surface area contributed by atoms with Crippen LogP contribution in [0.25, 0.3) is 0 Å². The SMILES string of the molecule is COc1ccc(N(c2ccc(OC)cc2)c2ccc(C(C)OB3OC(C)(C)C(C)(C)O3)cc2)cc1. The highest BCUT2D eigenvalue weighted by Gasteiger charge is 2.53. The fraction of sp³-hybridized carbons (Fsp3) is 0.357. The van der Waals surface area contributed by atoms with Crippen molar-refractivity contribution in [1.29, 1.82) is 0 Å². The molecule has 0 saturated carbocycles. The number of hydrogen-bond donors (Lipinski definition) is 0. The molecule has 0 spiro atoms. The van der Waals surface area contributed by atoms with E-state index in [1.807, 2.05) is 83.1 Å². The molecule has 3 aromatic carbocycles. The molecule has 0 amide bonds. The van der Waals surface area contributed by atoms with Crippen molar-refractivity contribution in [3.8, 4) is 11.5 Å². The van der Waals surface area contributed by atoms with Crippen LogP contribution in [0, 0.1) is 0 Å². The zero-order chi connectivity index (χ0) is 25.2. The second-order valence-electron chi connectivity index (χ2n) is 9.65. The fourth-order valence-electron chi connectivity index (χ4n) is 3.89. The molecular formula is C28H34BNO5. The van der Waals surface area contributed by atoms with E-state index in [2.05, 4.69) is 29.2 Å². The average Bonchev–Trinajstić information content (AvgIpc) is 3.05. The highest BCUT2D eigenvalue weighted by Crippen LogP contribution is 2.39. The molecule has 1 saturated heterocycles. The van der Waals surface area contributed by atoms with Crippen molar-refractivity contribution in [2.75, 3.05) is 19.1 Å². The predicted octanol–water partition coefficient (Wildman–Crippen LogP) is 6.84. The molecular weight excluding hydrogens is 441 g/mol. The summed E-state index contributed by atoms with van der Waals surface area (Å²) in [4.78, 5) is 2.18. The summed E-state index contributed by atoms with van der Waals surface area (Å²) < 4.78 is 28.8. The Labute approximate surface area is 208 Å². The Kier molecular flexibility index (Phi) is 7.13. The van der Waals surface area contributed by atoms with Crippen LogP contribution >= 0.6 is 0 Å². The van der Waals surface area contributed by atoms with Gasteiger partial charge in [0, 0.05) is 17.1 Å². The summed E-state index contributed by atoms with van der Waals surface area (Å²) in [5.41, 5.74) is 3.23. The number of ether oxygens (including phenoxy) is 2. The average molecular weight is 475 g/mol. The number of benzene rings is 3. The third-order valence-corrected chi connectivity index (χ3v) is 6.83. The monoisotopic (exact) mass is 475 g/mol. The summed E-state index contributed by atoms with van der Waals surface area (Å²) in [6.45, 7) is 10.1. The van der Waals surface area contributed by atoms with E-state index in [0.717, 1.165) is 34.1 Å². The Morgan fingerprint density at radius 2 is 1.03 bits per heavy atom. The van der Waals surface area contributed by atoms with Crippen molar-refractivity contribution in [2.45, 2.75) is 51.9 Å². The summed E-state index contributed by atoms with van der Waals surface area (Å²) in [6, 6.07) is 24.3. The highest BCUT2D eigenvalue weighted by molar-refractivity contribution is 6.37. The first-order valence-corrected chi connectivity index (χ1v) is 11.8. The second-order valence-corrected chi connectivity index (χ2v) is 9.65. The Balaban J connectivity index is 1.57. The Morgan fingerprint density at radius 3 is 1.40 bits per heavy atom. The van der Waals surface area contributed by atoms with Crippen LogP contribution < -0.4 is 14.4 Å². The van der Waals surface area contributed by atoms with Gasteiger partial charge in [0.25, 0.3) is 0 Å². The summed E-state index contributed by atoms with van der Waals surface area (Å²) >= 11 is 0. The third-order valence-electron chi connectivity index (χ3n) is 6.83. The first-order valence-electron chi connectivity index (χ1n) is 11.8. The maximum atomic E-state index is 6.10. The van der Waals surface area contributed by atoms with Gasteiger partial charge < -0.3 is 28.3 Å². The van der Waals surface area contributed by atoms with Crippen LogP contribution in [0.15, 0.2) is 72.8 Å². The van der Waals surface area contributed by atoms with Gasteiger partial charge in [0.2, 0.25) is 0 Å². The van der Waals surface area contributed by atoms with Crippen LogP contribution in [0.3, 0.4) is 0 Å². The van der Waals surface area contributed by atoms with Gasteiger partial charge >= 0.3 is 7.32 Å². The van der Waals surface area contributed by atoms with E-state index in [0.29, 0.717) is 0 Å². The minimum absolute atomic E-state index is 0.200. The topological polar surface area (TPSA) is 49.4 Å². The Hall–Kier alpha value is -3.00. The second kappa shape index (κ2) is 9.94. The minimum atomic E-state index is -0.704. The van der Waals surface area contributed by atoms with Crippen LogP contribution in [0.5, 0.6) is 11.5 Å². The lowest BCUT2D eigenvalue weighted by Gasteiger charge is -2.31. The molecule has 0 aromatic heterocycles. The molecule has 1 atom stereocenters. The van der Waals surface area contributed by atoms with Crippen molar-refractivity contribution >= 4 is 24.4 Å². The summed E-state index contributed by atoms with van der Waals surface area (Å²) in [5, 5.41) is 0. The number of anilines is 3. The molecule has 1 aliphatic rings. The maximum Gasteiger partial charge on any atom is 0.640 e. The lowest BCUT2D eigenvalue weighted by Crippen LogP contribution is -2.41. The van der Waals surface area contributed by atoms with Gasteiger partial charge in [-0.05, 0) is 101 Å². The van der Waals surface area contributed by atoms with Gasteiger partial charge in [-0.1, -0.05) is 12.1 Å². The molecule has 1 aliphatic heterocycles. The quantitative estimate of drug-likeness (QED) is 0.333. The van der Waals surface area contributed by atoms with E-state index in [1.165, 1.54) is 0 Å². The van der Waals surface area contributed by atoms with E-state index >= 15 is 0 Å². The number of rotatable bonds is 8. The Bertz CT molecular complexity index is 1050. The van der Waals surface area contributed by atoms with E-state index in [4.69, 9.17) is 23.4 Å². The number of nitrogens with zero attached hydrogens (tertiary/aromatic N) is 1. The minimum Gasteiger partial charge on any atom is -0.497 e. The highest BCUT2D eigenvalue weighted by atomic mass is 16.8. The van der Waals surface area contributed by atoms with Crippen LogP contribution in [-0.2, 0) is 14.0 Å². The number of hydrogen-bond acceptors (Lipinski definition) is 6. The molecule has 1 fully saturated rings. The van der Waals surface area contributed by atoms with E-state index in [-0.39, 0.29) is 6.10 Å². The third kappa shape index (κ3) is 5.32. The fourth-order valence-corrected chi connectivity index (χ4v) is 3.89. The largest absolute Gasteiger partial charge is 0.640 e. The van der Waals surface area contributed by atoms with Crippen LogP contribution in [0.4, 0.5) is 17.1 Å². The Morgan fingerprint density at radius 1 is 0.657 bits per heavy atom. The van der Waals surface area contributed by atoms with Crippen molar-refractivity contribution in [2.24, 2.45) is 0 Å². The van der Waals surface area contributed by atoms with Crippen LogP contribution in [-0.4, -0.2) is 32.7 Å². The van der Waals surface area contributed by atoms with Crippen molar-refractivity contribution in [3.05, 3.63) is 78.4 Å².